The van der Waals surface area contributed by atoms with Gasteiger partial charge in [-0.3, -0.25) is 0 Å². The summed E-state index contributed by atoms with van der Waals surface area (Å²) in [5.74, 6) is 0.814. The lowest BCUT2D eigenvalue weighted by atomic mass is 10.1. The monoisotopic (exact) mass is 238 g/mol. The fraction of sp³-hybridized carbons (Fsp3) is 0.833. The molecule has 5 heteroatoms. The molecule has 2 heterocycles. The molecule has 1 aromatic rings. The summed E-state index contributed by atoms with van der Waals surface area (Å²) in [6.07, 6.45) is 6.08. The van der Waals surface area contributed by atoms with Gasteiger partial charge in [0, 0.05) is 25.6 Å². The molecule has 1 aliphatic rings. The van der Waals surface area contributed by atoms with Crippen LogP contribution in [0.3, 0.4) is 0 Å². The average Bonchev–Trinajstić information content (AvgIpc) is 2.87. The van der Waals surface area contributed by atoms with Crippen LogP contribution in [0.15, 0.2) is 10.9 Å². The summed E-state index contributed by atoms with van der Waals surface area (Å²) >= 11 is 0. The van der Waals surface area contributed by atoms with Crippen LogP contribution >= 0.6 is 0 Å². The molecule has 17 heavy (non-hydrogen) atoms. The fourth-order valence-electron chi connectivity index (χ4n) is 2.33. The van der Waals surface area contributed by atoms with Gasteiger partial charge in [-0.15, -0.1) is 0 Å². The van der Waals surface area contributed by atoms with Crippen LogP contribution in [0.4, 0.5) is 0 Å². The number of likely N-dealkylation sites (tertiary alicyclic amines) is 1. The van der Waals surface area contributed by atoms with Crippen molar-refractivity contribution in [2.24, 2.45) is 0 Å². The van der Waals surface area contributed by atoms with Gasteiger partial charge in [0.05, 0.1) is 0 Å². The van der Waals surface area contributed by atoms with E-state index >= 15 is 0 Å². The largest absolute Gasteiger partial charge is 0.343 e. The smallest absolute Gasteiger partial charge is 0.213 e. The Kier molecular flexibility index (Phi) is 4.94. The first kappa shape index (κ1) is 12.5. The highest BCUT2D eigenvalue weighted by atomic mass is 16.5. The fourth-order valence-corrected chi connectivity index (χ4v) is 2.33. The van der Waals surface area contributed by atoms with Gasteiger partial charge in [0.2, 0.25) is 6.39 Å². The van der Waals surface area contributed by atoms with Gasteiger partial charge in [-0.2, -0.15) is 4.98 Å². The Morgan fingerprint density at radius 3 is 3.29 bits per heavy atom. The van der Waals surface area contributed by atoms with Crippen LogP contribution in [0, 0.1) is 0 Å². The lowest BCUT2D eigenvalue weighted by molar-refractivity contribution is 0.191. The summed E-state index contributed by atoms with van der Waals surface area (Å²) in [4.78, 5) is 6.54. The minimum absolute atomic E-state index is 0.661. The second-order valence-corrected chi connectivity index (χ2v) is 4.69. The van der Waals surface area contributed by atoms with E-state index in [0.717, 1.165) is 31.9 Å². The molecule has 96 valence electrons. The summed E-state index contributed by atoms with van der Waals surface area (Å²) < 4.78 is 4.74. The summed E-state index contributed by atoms with van der Waals surface area (Å²) in [6, 6.07) is 0.661. The molecule has 0 radical (unpaired) electrons. The molecule has 0 aliphatic carbocycles. The lowest BCUT2D eigenvalue weighted by Crippen LogP contribution is -2.46. The van der Waals surface area contributed by atoms with Gasteiger partial charge in [0.25, 0.3) is 0 Å². The summed E-state index contributed by atoms with van der Waals surface area (Å²) in [7, 11) is 0. The first-order valence-electron chi connectivity index (χ1n) is 6.59. The number of hydrogen-bond acceptors (Lipinski definition) is 5. The van der Waals surface area contributed by atoms with E-state index in [1.165, 1.54) is 32.2 Å². The van der Waals surface area contributed by atoms with Gasteiger partial charge in [-0.1, -0.05) is 12.1 Å². The summed E-state index contributed by atoms with van der Waals surface area (Å²) in [6.45, 7) is 6.72. The Morgan fingerprint density at radius 2 is 2.53 bits per heavy atom. The van der Waals surface area contributed by atoms with Crippen molar-refractivity contribution in [3.8, 4) is 0 Å². The summed E-state index contributed by atoms with van der Waals surface area (Å²) in [5.41, 5.74) is 0. The van der Waals surface area contributed by atoms with Crippen molar-refractivity contribution in [1.29, 1.82) is 0 Å². The van der Waals surface area contributed by atoms with E-state index in [0.29, 0.717) is 6.04 Å². The van der Waals surface area contributed by atoms with Crippen molar-refractivity contribution in [2.75, 3.05) is 26.2 Å². The summed E-state index contributed by atoms with van der Waals surface area (Å²) in [5, 5.41) is 7.44. The van der Waals surface area contributed by atoms with E-state index in [1.807, 2.05) is 0 Å². The second-order valence-electron chi connectivity index (χ2n) is 4.69. The minimum Gasteiger partial charge on any atom is -0.343 e. The predicted molar refractivity (Wildman–Crippen MR) is 65.8 cm³/mol. The molecule has 1 unspecified atom stereocenters. The molecule has 1 fully saturated rings. The van der Waals surface area contributed by atoms with Crippen molar-refractivity contribution in [3.05, 3.63) is 12.2 Å². The van der Waals surface area contributed by atoms with Crippen molar-refractivity contribution in [1.82, 2.24) is 20.4 Å². The topological polar surface area (TPSA) is 54.2 Å². The zero-order valence-electron chi connectivity index (χ0n) is 10.6. The average molecular weight is 238 g/mol. The Hall–Kier alpha value is -0.940. The van der Waals surface area contributed by atoms with Crippen LogP contribution in [-0.4, -0.2) is 47.3 Å². The van der Waals surface area contributed by atoms with Gasteiger partial charge < -0.3 is 14.7 Å². The molecule has 0 aromatic carbocycles. The third-order valence-electron chi connectivity index (χ3n) is 3.25. The molecule has 0 spiro atoms. The van der Waals surface area contributed by atoms with Crippen molar-refractivity contribution < 1.29 is 4.52 Å². The van der Waals surface area contributed by atoms with E-state index in [9.17, 15) is 0 Å². The predicted octanol–water partition coefficient (Wildman–Crippen LogP) is 1.08. The zero-order chi connectivity index (χ0) is 11.9. The zero-order valence-corrected chi connectivity index (χ0v) is 10.6. The maximum atomic E-state index is 4.74. The maximum Gasteiger partial charge on any atom is 0.213 e. The van der Waals surface area contributed by atoms with Crippen molar-refractivity contribution >= 4 is 0 Å². The first-order chi connectivity index (χ1) is 8.38. The van der Waals surface area contributed by atoms with Gasteiger partial charge in [-0.05, 0) is 32.4 Å². The molecule has 0 saturated carbocycles. The number of nitrogens with zero attached hydrogens (tertiary/aromatic N) is 3. The van der Waals surface area contributed by atoms with Gasteiger partial charge in [0.1, 0.15) is 0 Å². The third-order valence-corrected chi connectivity index (χ3v) is 3.25. The van der Waals surface area contributed by atoms with E-state index in [-0.39, 0.29) is 0 Å². The van der Waals surface area contributed by atoms with E-state index in [1.54, 1.807) is 0 Å². The van der Waals surface area contributed by atoms with Crippen LogP contribution in [0.2, 0.25) is 0 Å². The SMILES string of the molecule is CCCNC1CCCN(CCc2ncon2)C1. The highest BCUT2D eigenvalue weighted by molar-refractivity contribution is 4.83. The van der Waals surface area contributed by atoms with E-state index in [2.05, 4.69) is 27.3 Å². The minimum atomic E-state index is 0.661. The van der Waals surface area contributed by atoms with Crippen LogP contribution in [0.1, 0.15) is 32.0 Å². The normalized spacial score (nSPS) is 21.8. The third kappa shape index (κ3) is 4.09. The van der Waals surface area contributed by atoms with Crippen molar-refractivity contribution in [2.45, 2.75) is 38.6 Å². The molecule has 1 aromatic heterocycles. The molecule has 1 saturated heterocycles. The van der Waals surface area contributed by atoms with Gasteiger partial charge in [0.15, 0.2) is 5.82 Å². The van der Waals surface area contributed by atoms with Crippen molar-refractivity contribution in [3.63, 3.8) is 0 Å². The van der Waals surface area contributed by atoms with Gasteiger partial charge >= 0.3 is 0 Å². The van der Waals surface area contributed by atoms with Crippen LogP contribution in [0.5, 0.6) is 0 Å². The Balaban J connectivity index is 1.69. The molecular weight excluding hydrogens is 216 g/mol. The van der Waals surface area contributed by atoms with Gasteiger partial charge in [-0.25, -0.2) is 0 Å². The standard InChI is InChI=1S/C12H22N4O/c1-2-6-13-11-4-3-7-16(9-11)8-5-12-14-10-17-15-12/h10-11,13H,2-9H2,1H3. The van der Waals surface area contributed by atoms with E-state index < -0.39 is 0 Å². The van der Waals surface area contributed by atoms with Crippen LogP contribution in [0.25, 0.3) is 0 Å². The maximum absolute atomic E-state index is 4.74. The quantitative estimate of drug-likeness (QED) is 0.803. The lowest BCUT2D eigenvalue weighted by Gasteiger charge is -2.33. The Bertz CT molecular complexity index is 301. The molecular formula is C12H22N4O. The molecule has 1 atom stereocenters. The van der Waals surface area contributed by atoms with Crippen LogP contribution in [-0.2, 0) is 6.42 Å². The van der Waals surface area contributed by atoms with E-state index in [4.69, 9.17) is 4.52 Å². The molecule has 5 nitrogen and oxygen atoms in total. The second kappa shape index (κ2) is 6.71. The molecule has 0 amide bonds. The number of hydrogen-bond donors (Lipinski definition) is 1. The van der Waals surface area contributed by atoms with Crippen LogP contribution < -0.4 is 5.32 Å². The Morgan fingerprint density at radius 1 is 1.59 bits per heavy atom. The molecule has 1 N–H and O–H groups in total. The number of nitrogens with one attached hydrogen (secondary N) is 1. The highest BCUT2D eigenvalue weighted by Gasteiger charge is 2.19. The molecule has 2 rings (SSSR count). The number of piperidine rings is 1. The number of rotatable bonds is 6. The first-order valence-corrected chi connectivity index (χ1v) is 6.59. The highest BCUT2D eigenvalue weighted by Crippen LogP contribution is 2.10. The molecule has 1 aliphatic heterocycles. The molecule has 0 bridgehead atoms. The Labute approximate surface area is 103 Å². The number of aromatic nitrogens is 2.